The fraction of sp³-hybridized carbons (Fsp3) is 0.609. The number of carbonyl (C=O) groups excluding carboxylic acids is 1. The van der Waals surface area contributed by atoms with Crippen molar-refractivity contribution in [2.24, 2.45) is 5.92 Å². The van der Waals surface area contributed by atoms with Gasteiger partial charge in [-0.05, 0) is 36.3 Å². The van der Waals surface area contributed by atoms with Gasteiger partial charge in [-0.25, -0.2) is 0 Å². The van der Waals surface area contributed by atoms with Gasteiger partial charge in [0.1, 0.15) is 6.10 Å². The molecule has 0 radical (unpaired) electrons. The van der Waals surface area contributed by atoms with Crippen LogP contribution in [0.3, 0.4) is 0 Å². The number of piperidine rings is 1. The van der Waals surface area contributed by atoms with Crippen LogP contribution in [0.5, 0.6) is 0 Å². The molecule has 1 aromatic carbocycles. The lowest BCUT2D eigenvalue weighted by Crippen LogP contribution is -2.56. The number of hydrogen-bond donors (Lipinski definition) is 0. The summed E-state index contributed by atoms with van der Waals surface area (Å²) in [6.45, 7) is 0. The number of esters is 1. The quantitative estimate of drug-likeness (QED) is 0.585. The topological polar surface area (TPSA) is 26.3 Å². The Balaban J connectivity index is 1.37. The predicted octanol–water partition coefficient (Wildman–Crippen LogP) is 4.57. The Hall–Kier alpha value is -1.61. The highest BCUT2D eigenvalue weighted by atomic mass is 16.5. The summed E-state index contributed by atoms with van der Waals surface area (Å²) < 4.78 is 7.10. The zero-order valence-corrected chi connectivity index (χ0v) is 16.2. The Morgan fingerprint density at radius 2 is 1.77 bits per heavy atom. The average molecular weight is 355 g/mol. The van der Waals surface area contributed by atoms with E-state index in [0.29, 0.717) is 24.4 Å². The fourth-order valence-corrected chi connectivity index (χ4v) is 5.50. The molecule has 2 aliphatic heterocycles. The van der Waals surface area contributed by atoms with Crippen molar-refractivity contribution in [3.8, 4) is 0 Å². The van der Waals surface area contributed by atoms with E-state index in [-0.39, 0.29) is 12.1 Å². The van der Waals surface area contributed by atoms with Crippen LogP contribution in [0.4, 0.5) is 0 Å². The molecule has 0 saturated carbocycles. The molecule has 1 aromatic rings. The third-order valence-electron chi connectivity index (χ3n) is 7.16. The van der Waals surface area contributed by atoms with Crippen LogP contribution in [0, 0.1) is 5.92 Å². The van der Waals surface area contributed by atoms with Crippen LogP contribution in [-0.2, 0) is 9.53 Å². The van der Waals surface area contributed by atoms with Crippen LogP contribution < -0.4 is 0 Å². The van der Waals surface area contributed by atoms with Gasteiger partial charge < -0.3 is 9.22 Å². The van der Waals surface area contributed by atoms with Gasteiger partial charge in [-0.2, -0.15) is 0 Å². The van der Waals surface area contributed by atoms with Gasteiger partial charge in [0.25, 0.3) is 0 Å². The highest BCUT2D eigenvalue weighted by molar-refractivity contribution is 5.76. The first kappa shape index (κ1) is 17.8. The van der Waals surface area contributed by atoms with Crippen molar-refractivity contribution < 1.29 is 14.0 Å². The van der Waals surface area contributed by atoms with E-state index >= 15 is 0 Å². The van der Waals surface area contributed by atoms with Crippen molar-refractivity contribution in [1.29, 1.82) is 0 Å². The summed E-state index contributed by atoms with van der Waals surface area (Å²) in [6.07, 6.45) is 11.0. The van der Waals surface area contributed by atoms with Crippen molar-refractivity contribution in [3.05, 3.63) is 42.0 Å². The van der Waals surface area contributed by atoms with E-state index in [4.69, 9.17) is 4.74 Å². The smallest absolute Gasteiger partial charge is 0.306 e. The van der Waals surface area contributed by atoms with E-state index in [1.807, 2.05) is 6.07 Å². The Bertz CT molecular complexity index is 663. The first-order chi connectivity index (χ1) is 12.5. The molecule has 4 atom stereocenters. The Kier molecular flexibility index (Phi) is 4.92. The molecule has 2 fully saturated rings. The van der Waals surface area contributed by atoms with Crippen molar-refractivity contribution in [1.82, 2.24) is 0 Å². The van der Waals surface area contributed by atoms with E-state index < -0.39 is 0 Å². The number of hydrogen-bond acceptors (Lipinski definition) is 2. The van der Waals surface area contributed by atoms with Gasteiger partial charge >= 0.3 is 5.97 Å². The second-order valence-electron chi connectivity index (χ2n) is 8.95. The first-order valence-corrected chi connectivity index (χ1v) is 10.3. The third-order valence-corrected chi connectivity index (χ3v) is 7.16. The van der Waals surface area contributed by atoms with Gasteiger partial charge in [0, 0.05) is 25.7 Å². The summed E-state index contributed by atoms with van der Waals surface area (Å²) in [5.74, 6) is 0.321. The van der Waals surface area contributed by atoms with Gasteiger partial charge in [0.15, 0.2) is 0 Å². The molecular formula is C23H32NO2+. The summed E-state index contributed by atoms with van der Waals surface area (Å²) in [4.78, 5) is 12.7. The van der Waals surface area contributed by atoms with Gasteiger partial charge in [0.05, 0.1) is 32.6 Å². The molecule has 4 rings (SSSR count). The summed E-state index contributed by atoms with van der Waals surface area (Å²) >= 11 is 0. The molecule has 0 spiro atoms. The minimum absolute atomic E-state index is 0.00957. The highest BCUT2D eigenvalue weighted by Gasteiger charge is 2.49. The van der Waals surface area contributed by atoms with E-state index in [0.717, 1.165) is 30.2 Å². The molecule has 3 nitrogen and oxygen atoms in total. The molecule has 1 aliphatic carbocycles. The molecule has 3 heteroatoms. The van der Waals surface area contributed by atoms with Gasteiger partial charge in [-0.15, -0.1) is 0 Å². The molecule has 26 heavy (non-hydrogen) atoms. The van der Waals surface area contributed by atoms with E-state index in [2.05, 4.69) is 44.4 Å². The van der Waals surface area contributed by atoms with Crippen molar-refractivity contribution in [2.45, 2.75) is 69.6 Å². The van der Waals surface area contributed by atoms with Crippen LogP contribution in [0.15, 0.2) is 36.4 Å². The Morgan fingerprint density at radius 1 is 1.08 bits per heavy atom. The zero-order valence-electron chi connectivity index (χ0n) is 16.2. The monoisotopic (exact) mass is 354 g/mol. The molecular weight excluding hydrogens is 322 g/mol. The van der Waals surface area contributed by atoms with Crippen LogP contribution in [0.2, 0.25) is 0 Å². The Labute approximate surface area is 157 Å². The second kappa shape index (κ2) is 7.19. The van der Waals surface area contributed by atoms with E-state index in [9.17, 15) is 4.79 Å². The standard InChI is InChI=1S/C23H32NO2/c1-24(2)19-12-13-20(24)16-21(15-19)26-23(25)14-18-10-6-7-11-22(18)17-8-4-3-5-9-17/h3-5,8-9,11,18-21H,6-7,10,12-16H2,1-2H3/q+1/t18?,19-,20+,21?. The molecule has 2 unspecified atom stereocenters. The van der Waals surface area contributed by atoms with Crippen LogP contribution >= 0.6 is 0 Å². The summed E-state index contributed by atoms with van der Waals surface area (Å²) in [5.41, 5.74) is 2.61. The number of fused-ring (bicyclic) bond motifs is 2. The fourth-order valence-electron chi connectivity index (χ4n) is 5.50. The lowest BCUT2D eigenvalue weighted by molar-refractivity contribution is -0.931. The SMILES string of the molecule is C[N+]1(C)[C@@H]2CC[C@H]1CC(OC(=O)CC1CCCC=C1c1ccccc1)C2. The van der Waals surface area contributed by atoms with E-state index in [1.165, 1.54) is 30.4 Å². The van der Waals surface area contributed by atoms with Crippen LogP contribution in [0.25, 0.3) is 5.57 Å². The third kappa shape index (κ3) is 3.46. The number of nitrogens with zero attached hydrogens (tertiary/aromatic N) is 1. The number of allylic oxidation sites excluding steroid dienone is 2. The average Bonchev–Trinajstić information content (AvgIpc) is 2.80. The lowest BCUT2D eigenvalue weighted by atomic mass is 9.82. The second-order valence-corrected chi connectivity index (χ2v) is 8.95. The molecule has 140 valence electrons. The maximum Gasteiger partial charge on any atom is 0.306 e. The molecule has 0 aromatic heterocycles. The first-order valence-electron chi connectivity index (χ1n) is 10.3. The minimum atomic E-state index is 0.00957. The minimum Gasteiger partial charge on any atom is -0.462 e. The maximum absolute atomic E-state index is 12.7. The number of quaternary nitrogens is 1. The number of ether oxygens (including phenoxy) is 1. The summed E-state index contributed by atoms with van der Waals surface area (Å²) in [6, 6.07) is 11.9. The molecule has 2 saturated heterocycles. The van der Waals surface area contributed by atoms with Gasteiger partial charge in [0.2, 0.25) is 0 Å². The van der Waals surface area contributed by atoms with Crippen molar-refractivity contribution in [2.75, 3.05) is 14.1 Å². The van der Waals surface area contributed by atoms with Gasteiger partial charge in [-0.3, -0.25) is 4.79 Å². The number of carbonyl (C=O) groups is 1. The largest absolute Gasteiger partial charge is 0.462 e. The predicted molar refractivity (Wildman–Crippen MR) is 104 cm³/mol. The van der Waals surface area contributed by atoms with Crippen LogP contribution in [0.1, 0.15) is 56.9 Å². The van der Waals surface area contributed by atoms with E-state index in [1.54, 1.807) is 0 Å². The van der Waals surface area contributed by atoms with Crippen molar-refractivity contribution >= 4 is 11.5 Å². The lowest BCUT2D eigenvalue weighted by Gasteiger charge is -2.43. The number of benzene rings is 1. The molecule has 0 N–H and O–H groups in total. The Morgan fingerprint density at radius 3 is 2.46 bits per heavy atom. The normalized spacial score (nSPS) is 32.8. The molecule has 0 amide bonds. The summed E-state index contributed by atoms with van der Waals surface area (Å²) in [5, 5.41) is 0. The molecule has 2 heterocycles. The zero-order chi connectivity index (χ0) is 18.1. The molecule has 2 bridgehead atoms. The summed E-state index contributed by atoms with van der Waals surface area (Å²) in [7, 11) is 4.69. The van der Waals surface area contributed by atoms with Crippen LogP contribution in [-0.4, -0.2) is 42.7 Å². The number of rotatable bonds is 4. The molecule has 3 aliphatic rings. The van der Waals surface area contributed by atoms with Gasteiger partial charge in [-0.1, -0.05) is 36.4 Å². The highest BCUT2D eigenvalue weighted by Crippen LogP contribution is 2.41. The van der Waals surface area contributed by atoms with Crippen molar-refractivity contribution in [3.63, 3.8) is 0 Å². The maximum atomic E-state index is 12.7.